The largest absolute Gasteiger partial charge is 0.493 e. The fourth-order valence-corrected chi connectivity index (χ4v) is 2.89. The highest BCUT2D eigenvalue weighted by molar-refractivity contribution is 9.10. The first-order valence-corrected chi connectivity index (χ1v) is 9.14. The molecule has 2 rings (SSSR count). The lowest BCUT2D eigenvalue weighted by Gasteiger charge is -2.12. The van der Waals surface area contributed by atoms with Crippen LogP contribution in [0.5, 0.6) is 11.5 Å². The van der Waals surface area contributed by atoms with E-state index in [1.807, 2.05) is 12.1 Å². The van der Waals surface area contributed by atoms with E-state index in [1.54, 1.807) is 37.3 Å². The fourth-order valence-electron chi connectivity index (χ4n) is 2.28. The topological polar surface area (TPSA) is 95.1 Å². The van der Waals surface area contributed by atoms with E-state index in [0.29, 0.717) is 37.8 Å². The van der Waals surface area contributed by atoms with E-state index in [4.69, 9.17) is 26.3 Å². The van der Waals surface area contributed by atoms with Gasteiger partial charge in [-0.3, -0.25) is 4.79 Å². The zero-order valence-corrected chi connectivity index (χ0v) is 17.4. The first-order chi connectivity index (χ1) is 13.4. The zero-order chi connectivity index (χ0) is 20.7. The molecule has 6 nitrogen and oxygen atoms in total. The van der Waals surface area contributed by atoms with Crippen molar-refractivity contribution >= 4 is 45.2 Å². The van der Waals surface area contributed by atoms with Gasteiger partial charge in [-0.25, -0.2) is 0 Å². The highest BCUT2D eigenvalue weighted by Gasteiger charge is 2.15. The lowest BCUT2D eigenvalue weighted by Crippen LogP contribution is -2.14. The third kappa shape index (κ3) is 5.04. The number of benzene rings is 2. The Kier molecular flexibility index (Phi) is 7.45. The van der Waals surface area contributed by atoms with Crippen LogP contribution in [0.15, 0.2) is 40.4 Å². The minimum atomic E-state index is -0.566. The molecule has 0 spiro atoms. The SMILES string of the molecule is COc1cc(/C=C(\C#N)C(=O)Nc2cccc(Cl)c2C)c(Br)cc1OCC#N. The van der Waals surface area contributed by atoms with Gasteiger partial charge in [-0.05, 0) is 48.4 Å². The Bertz CT molecular complexity index is 1020. The fraction of sp³-hybridized carbons (Fsp3) is 0.150. The lowest BCUT2D eigenvalue weighted by molar-refractivity contribution is -0.112. The average Bonchev–Trinajstić information content (AvgIpc) is 2.68. The van der Waals surface area contributed by atoms with Crippen LogP contribution in [0.25, 0.3) is 6.08 Å². The number of ether oxygens (including phenoxy) is 2. The van der Waals surface area contributed by atoms with Gasteiger partial charge in [-0.1, -0.05) is 33.6 Å². The average molecular weight is 461 g/mol. The van der Waals surface area contributed by atoms with Crippen molar-refractivity contribution in [1.29, 1.82) is 10.5 Å². The Morgan fingerprint density at radius 1 is 1.32 bits per heavy atom. The number of methoxy groups -OCH3 is 1. The van der Waals surface area contributed by atoms with Crippen LogP contribution in [0.1, 0.15) is 11.1 Å². The van der Waals surface area contributed by atoms with E-state index in [0.717, 1.165) is 0 Å². The van der Waals surface area contributed by atoms with Gasteiger partial charge >= 0.3 is 0 Å². The Morgan fingerprint density at radius 2 is 2.07 bits per heavy atom. The van der Waals surface area contributed by atoms with Crippen LogP contribution < -0.4 is 14.8 Å². The number of hydrogen-bond donors (Lipinski definition) is 1. The molecule has 28 heavy (non-hydrogen) atoms. The minimum Gasteiger partial charge on any atom is -0.493 e. The van der Waals surface area contributed by atoms with Gasteiger partial charge in [0, 0.05) is 15.2 Å². The summed E-state index contributed by atoms with van der Waals surface area (Å²) < 4.78 is 11.1. The van der Waals surface area contributed by atoms with Crippen LogP contribution in [0.2, 0.25) is 5.02 Å². The summed E-state index contributed by atoms with van der Waals surface area (Å²) in [5, 5.41) is 21.3. The summed E-state index contributed by atoms with van der Waals surface area (Å²) in [5.74, 6) is 0.169. The third-order valence-corrected chi connectivity index (χ3v) is 4.85. The quantitative estimate of drug-likeness (QED) is 0.490. The smallest absolute Gasteiger partial charge is 0.266 e. The predicted octanol–water partition coefficient (Wildman–Crippen LogP) is 4.87. The molecule has 0 radical (unpaired) electrons. The maximum absolute atomic E-state index is 12.5. The summed E-state index contributed by atoms with van der Waals surface area (Å²) in [5.41, 5.74) is 1.66. The van der Waals surface area contributed by atoms with Crippen LogP contribution in [0.3, 0.4) is 0 Å². The van der Waals surface area contributed by atoms with Gasteiger partial charge < -0.3 is 14.8 Å². The molecule has 0 aliphatic heterocycles. The molecule has 0 saturated carbocycles. The number of anilines is 1. The number of carbonyl (C=O) groups excluding carboxylic acids is 1. The van der Waals surface area contributed by atoms with Crippen molar-refractivity contribution < 1.29 is 14.3 Å². The molecule has 0 saturated heterocycles. The second kappa shape index (κ2) is 9.80. The normalized spacial score (nSPS) is 10.6. The number of halogens is 2. The van der Waals surface area contributed by atoms with E-state index < -0.39 is 5.91 Å². The van der Waals surface area contributed by atoms with Gasteiger partial charge in [0.25, 0.3) is 5.91 Å². The van der Waals surface area contributed by atoms with E-state index in [2.05, 4.69) is 21.2 Å². The second-order valence-corrected chi connectivity index (χ2v) is 6.77. The molecule has 1 amide bonds. The van der Waals surface area contributed by atoms with E-state index >= 15 is 0 Å². The Hall–Kier alpha value is -3.00. The van der Waals surface area contributed by atoms with Gasteiger partial charge in [0.1, 0.15) is 17.7 Å². The summed E-state index contributed by atoms with van der Waals surface area (Å²) in [6, 6.07) is 12.1. The van der Waals surface area contributed by atoms with Crippen LogP contribution in [-0.2, 0) is 4.79 Å². The standard InChI is InChI=1S/C20H15BrClN3O3/c1-12-16(22)4-3-5-17(12)25-20(26)14(11-24)8-13-9-18(27-2)19(10-15(13)21)28-7-6-23/h3-5,8-10H,7H2,1-2H3,(H,25,26)/b14-8+. The monoisotopic (exact) mass is 459 g/mol. The number of nitriles is 2. The molecule has 0 aliphatic rings. The molecule has 0 unspecified atom stereocenters. The predicted molar refractivity (Wildman–Crippen MR) is 110 cm³/mol. The zero-order valence-electron chi connectivity index (χ0n) is 15.0. The number of hydrogen-bond acceptors (Lipinski definition) is 5. The minimum absolute atomic E-state index is 0.104. The van der Waals surface area contributed by atoms with Crippen molar-refractivity contribution in [2.75, 3.05) is 19.0 Å². The van der Waals surface area contributed by atoms with Crippen molar-refractivity contribution in [1.82, 2.24) is 0 Å². The summed E-state index contributed by atoms with van der Waals surface area (Å²) in [4.78, 5) is 12.5. The third-order valence-electron chi connectivity index (χ3n) is 3.76. The van der Waals surface area contributed by atoms with Crippen molar-refractivity contribution in [3.05, 3.63) is 56.5 Å². The Balaban J connectivity index is 2.35. The van der Waals surface area contributed by atoms with E-state index in [1.165, 1.54) is 13.2 Å². The molecule has 1 N–H and O–H groups in total. The highest BCUT2D eigenvalue weighted by Crippen LogP contribution is 2.34. The van der Waals surface area contributed by atoms with Gasteiger partial charge in [0.2, 0.25) is 0 Å². The molecule has 8 heteroatoms. The van der Waals surface area contributed by atoms with Crippen molar-refractivity contribution in [3.8, 4) is 23.6 Å². The molecule has 2 aromatic rings. The van der Waals surface area contributed by atoms with Crippen LogP contribution in [0.4, 0.5) is 5.69 Å². The second-order valence-electron chi connectivity index (χ2n) is 5.51. The highest BCUT2D eigenvalue weighted by atomic mass is 79.9. The molecule has 142 valence electrons. The summed E-state index contributed by atoms with van der Waals surface area (Å²) in [6.45, 7) is 1.64. The number of carbonyl (C=O) groups is 1. The van der Waals surface area contributed by atoms with Crippen molar-refractivity contribution in [3.63, 3.8) is 0 Å². The van der Waals surface area contributed by atoms with Crippen molar-refractivity contribution in [2.45, 2.75) is 6.92 Å². The Labute approximate surface area is 176 Å². The molecule has 2 aromatic carbocycles. The lowest BCUT2D eigenvalue weighted by atomic mass is 10.1. The molecule has 0 aliphatic carbocycles. The first kappa shape index (κ1) is 21.3. The molecule has 0 atom stereocenters. The number of amides is 1. The van der Waals surface area contributed by atoms with Crippen LogP contribution in [-0.4, -0.2) is 19.6 Å². The van der Waals surface area contributed by atoms with Crippen LogP contribution in [0, 0.1) is 29.6 Å². The van der Waals surface area contributed by atoms with Gasteiger partial charge in [-0.2, -0.15) is 10.5 Å². The molecule has 0 bridgehead atoms. The van der Waals surface area contributed by atoms with E-state index in [-0.39, 0.29) is 12.2 Å². The molecule has 0 aromatic heterocycles. The first-order valence-electron chi connectivity index (χ1n) is 7.96. The van der Waals surface area contributed by atoms with Crippen LogP contribution >= 0.6 is 27.5 Å². The van der Waals surface area contributed by atoms with Gasteiger partial charge in [0.05, 0.1) is 7.11 Å². The molecule has 0 heterocycles. The summed E-state index contributed by atoms with van der Waals surface area (Å²) in [7, 11) is 1.45. The number of rotatable bonds is 6. The molecule has 0 fully saturated rings. The van der Waals surface area contributed by atoms with E-state index in [9.17, 15) is 10.1 Å². The molecular weight excluding hydrogens is 446 g/mol. The number of nitrogens with zero attached hydrogens (tertiary/aromatic N) is 2. The van der Waals surface area contributed by atoms with Crippen molar-refractivity contribution in [2.24, 2.45) is 0 Å². The maximum atomic E-state index is 12.5. The number of nitrogens with one attached hydrogen (secondary N) is 1. The summed E-state index contributed by atoms with van der Waals surface area (Å²) in [6.07, 6.45) is 1.43. The van der Waals surface area contributed by atoms with Gasteiger partial charge in [-0.15, -0.1) is 0 Å². The van der Waals surface area contributed by atoms with Gasteiger partial charge in [0.15, 0.2) is 18.1 Å². The Morgan fingerprint density at radius 3 is 2.71 bits per heavy atom. The molecular formula is C20H15BrClN3O3. The summed E-state index contributed by atoms with van der Waals surface area (Å²) >= 11 is 9.44. The maximum Gasteiger partial charge on any atom is 0.266 e.